The van der Waals surface area contributed by atoms with Crippen molar-refractivity contribution in [3.05, 3.63) is 134 Å². The molecule has 9 nitrogen and oxygen atoms in total. The zero-order valence-corrected chi connectivity index (χ0v) is 30.2. The van der Waals surface area contributed by atoms with Gasteiger partial charge in [-0.15, -0.1) is 0 Å². The number of hydrogen-bond acceptors (Lipinski definition) is 8. The van der Waals surface area contributed by atoms with E-state index in [1.54, 1.807) is 45.3 Å². The lowest BCUT2D eigenvalue weighted by molar-refractivity contribution is -0.597. The number of para-hydroxylation sites is 1. The van der Waals surface area contributed by atoms with Gasteiger partial charge in [0.05, 0.1) is 38.5 Å². The molecule has 0 N–H and O–H groups in total. The van der Waals surface area contributed by atoms with E-state index in [9.17, 15) is 17.8 Å². The highest BCUT2D eigenvalue weighted by molar-refractivity contribution is 7.85. The van der Waals surface area contributed by atoms with Gasteiger partial charge < -0.3 is 28.4 Å². The van der Waals surface area contributed by atoms with E-state index in [0.717, 1.165) is 20.4 Å². The minimum Gasteiger partial charge on any atom is -0.744 e. The first-order valence-corrected chi connectivity index (χ1v) is 18.2. The number of benzene rings is 5. The molecule has 0 fully saturated rings. The minimum atomic E-state index is -4.27. The Morgan fingerprint density at radius 1 is 0.708 bits per heavy atom. The van der Waals surface area contributed by atoms with Gasteiger partial charge in [-0.1, -0.05) is 35.9 Å². The van der Waals surface area contributed by atoms with Gasteiger partial charge in [0.15, 0.2) is 12.9 Å². The Morgan fingerprint density at radius 3 is 1.90 bits per heavy atom. The maximum Gasteiger partial charge on any atom is 0.357 e. The summed E-state index contributed by atoms with van der Waals surface area (Å²) < 4.78 is 56.1. The topological polar surface area (TPSA) is 114 Å². The molecule has 11 heteroatoms. The predicted octanol–water partition coefficient (Wildman–Crippen LogP) is 4.09. The largest absolute Gasteiger partial charge is 0.744 e. The van der Waals surface area contributed by atoms with Crippen LogP contribution in [0.3, 0.4) is 0 Å². The molecule has 0 aromatic heterocycles. The van der Waals surface area contributed by atoms with E-state index < -0.39 is 31.3 Å². The van der Waals surface area contributed by atoms with Gasteiger partial charge >= 0.3 is 21.2 Å². The molecule has 1 amide bonds. The van der Waals surface area contributed by atoms with Crippen LogP contribution in [0.25, 0.3) is 0 Å². The van der Waals surface area contributed by atoms with Gasteiger partial charge in [0.2, 0.25) is 5.91 Å². The van der Waals surface area contributed by atoms with E-state index in [4.69, 9.17) is 18.9 Å². The fourth-order valence-electron chi connectivity index (χ4n) is 4.47. The van der Waals surface area contributed by atoms with E-state index in [0.29, 0.717) is 35.2 Å². The first-order valence-electron chi connectivity index (χ1n) is 14.7. The average Bonchev–Trinajstić information content (AvgIpc) is 3.08. The molecule has 0 radical (unpaired) electrons. The van der Waals surface area contributed by atoms with Crippen molar-refractivity contribution in [2.24, 2.45) is 0 Å². The van der Waals surface area contributed by atoms with Gasteiger partial charge in [-0.2, -0.15) is 0 Å². The number of methoxy groups -OCH3 is 3. The van der Waals surface area contributed by atoms with Crippen LogP contribution in [0.4, 0.5) is 5.69 Å². The second-order valence-electron chi connectivity index (χ2n) is 10.3. The van der Waals surface area contributed by atoms with Crippen LogP contribution in [0, 0.1) is 14.1 Å². The summed E-state index contributed by atoms with van der Waals surface area (Å²) in [5, 5.41) is 0. The molecule has 5 rings (SSSR count). The van der Waals surface area contributed by atoms with Gasteiger partial charge in [0.25, 0.3) is 0 Å². The summed E-state index contributed by atoms with van der Waals surface area (Å²) in [5.41, 5.74) is 2.46. The highest BCUT2D eigenvalue weighted by Crippen LogP contribution is 2.35. The van der Waals surface area contributed by atoms with Crippen molar-refractivity contribution in [2.45, 2.75) is 25.3 Å². The lowest BCUT2D eigenvalue weighted by atomic mass is 10.1. The van der Waals surface area contributed by atoms with E-state index in [1.165, 1.54) is 15.7 Å². The molecule has 5 aromatic rings. The summed E-state index contributed by atoms with van der Waals surface area (Å²) in [6.07, 6.45) is 0. The molecule has 0 aliphatic rings. The molecular weight excluding hydrogens is 745 g/mol. The number of carbonyl (C=O) groups excluding carboxylic acids is 1. The number of rotatable bonds is 11. The molecule has 0 atom stereocenters. The Bertz CT molecular complexity index is 1920. The number of aryl methyl sites for hydroxylation is 1. The summed E-state index contributed by atoms with van der Waals surface area (Å²) in [6.45, 7) is 3.68. The van der Waals surface area contributed by atoms with Crippen LogP contribution in [0.1, 0.15) is 18.1 Å². The molecule has 0 unspecified atom stereocenters. The summed E-state index contributed by atoms with van der Waals surface area (Å²) in [7, 11) is 0.628. The van der Waals surface area contributed by atoms with Crippen molar-refractivity contribution in [2.75, 3.05) is 26.2 Å². The van der Waals surface area contributed by atoms with Crippen LogP contribution in [-0.2, 0) is 21.5 Å². The Balaban J connectivity index is 0.000000401. The fourth-order valence-corrected chi connectivity index (χ4v) is 7.19. The maximum absolute atomic E-state index is 13.0. The number of amides is 1. The zero-order chi connectivity index (χ0) is 34.7. The summed E-state index contributed by atoms with van der Waals surface area (Å²) in [4.78, 5) is 14.6. The molecule has 0 aliphatic carbocycles. The van der Waals surface area contributed by atoms with Crippen LogP contribution in [0.15, 0.2) is 120 Å². The van der Waals surface area contributed by atoms with Crippen LogP contribution in [-0.4, -0.2) is 40.2 Å². The van der Waals surface area contributed by atoms with Crippen LogP contribution < -0.4 is 45.1 Å². The van der Waals surface area contributed by atoms with Crippen molar-refractivity contribution < 1.29 is 57.9 Å². The van der Waals surface area contributed by atoms with Gasteiger partial charge in [-0.25, -0.2) is 8.42 Å². The summed E-state index contributed by atoms with van der Waals surface area (Å²) in [5.74, 6) is 3.39. The molecule has 48 heavy (non-hydrogen) atoms. The predicted molar refractivity (Wildman–Crippen MR) is 179 cm³/mol. The molecule has 250 valence electrons. The number of halogens is 1. The van der Waals surface area contributed by atoms with Gasteiger partial charge in [0.1, 0.15) is 33.1 Å². The third-order valence-electron chi connectivity index (χ3n) is 6.96. The van der Waals surface area contributed by atoms with E-state index in [-0.39, 0.29) is 10.8 Å². The summed E-state index contributed by atoms with van der Waals surface area (Å²) >= 11 is -0.497. The van der Waals surface area contributed by atoms with Crippen molar-refractivity contribution in [1.82, 2.24) is 0 Å². The number of carbonyl (C=O) groups is 1. The monoisotopic (exact) mass is 781 g/mol. The Morgan fingerprint density at radius 2 is 1.31 bits per heavy atom. The quantitative estimate of drug-likeness (QED) is 0.146. The van der Waals surface area contributed by atoms with Crippen molar-refractivity contribution >= 4 is 21.7 Å². The molecule has 5 aromatic carbocycles. The molecule has 0 aliphatic heterocycles. The number of hydrogen-bond donors (Lipinski definition) is 0. The van der Waals surface area contributed by atoms with Crippen molar-refractivity contribution in [3.63, 3.8) is 0 Å². The maximum atomic E-state index is 13.0. The smallest absolute Gasteiger partial charge is 0.357 e. The van der Waals surface area contributed by atoms with Crippen LogP contribution in [0.5, 0.6) is 28.7 Å². The van der Waals surface area contributed by atoms with Gasteiger partial charge in [-0.3, -0.25) is 4.79 Å². The zero-order valence-electron chi connectivity index (χ0n) is 27.2. The van der Waals surface area contributed by atoms with E-state index in [1.807, 2.05) is 73.7 Å². The Hall–Kier alpha value is -4.59. The Labute approximate surface area is 292 Å². The third-order valence-corrected chi connectivity index (χ3v) is 10.4. The highest BCUT2D eigenvalue weighted by atomic mass is 127. The second-order valence-corrected chi connectivity index (χ2v) is 14.7. The van der Waals surface area contributed by atoms with Crippen molar-refractivity contribution in [1.29, 1.82) is 0 Å². The molecule has 0 bridgehead atoms. The fraction of sp³-hybridized carbons (Fsp3) is 0.162. The van der Waals surface area contributed by atoms with Gasteiger partial charge in [-0.05, 0) is 85.8 Å². The lowest BCUT2D eigenvalue weighted by Crippen LogP contribution is -3.61. The summed E-state index contributed by atoms with van der Waals surface area (Å²) in [6, 6.07) is 35.1. The van der Waals surface area contributed by atoms with E-state index >= 15 is 0 Å². The van der Waals surface area contributed by atoms with Gasteiger partial charge in [0, 0.05) is 18.6 Å². The number of nitrogens with zero attached hydrogens (tertiary/aromatic N) is 1. The molecule has 0 saturated carbocycles. The van der Waals surface area contributed by atoms with Crippen LogP contribution >= 0.6 is 0 Å². The molecule has 0 spiro atoms. The minimum absolute atomic E-state index is 0.109. The molecule has 0 heterocycles. The molecular formula is C37H36INO8S. The first kappa shape index (κ1) is 36.2. The number of ether oxygens (including phenoxy) is 4. The number of anilines is 1. The third kappa shape index (κ3) is 10.2. The standard InChI is InChI=1S/C30H29INO5.C7H8O3S/c1-21(33)32(20-22-18-27(35-3)15-17-29(22)36-4)28-19-24(31-23-10-13-25(34-2)14-11-23)12-16-30(28)37-26-8-6-5-7-9-26;1-6-2-4-7(5-3-6)11(8,9)10/h5-19H,20H2,1-4H3;2-5H,1H3,(H,8,9,10)/q+1;/p-1. The SMILES string of the molecule is COc1ccc([I+]c2ccc(Oc3ccccc3)c(N(Cc3cc(OC)ccc3OC)C(C)=O)c2)cc1.Cc1ccc(S(=O)(=O)[O-])cc1. The average molecular weight is 782 g/mol. The molecule has 0 saturated heterocycles. The first-order chi connectivity index (χ1) is 23.0. The highest BCUT2D eigenvalue weighted by Gasteiger charge is 2.24. The van der Waals surface area contributed by atoms with Crippen molar-refractivity contribution in [3.8, 4) is 28.7 Å². The normalized spacial score (nSPS) is 10.7. The van der Waals surface area contributed by atoms with Crippen LogP contribution in [0.2, 0.25) is 0 Å². The Kier molecular flexibility index (Phi) is 12.8. The second kappa shape index (κ2) is 17.0. The lowest BCUT2D eigenvalue weighted by Gasteiger charge is -2.25. The van der Waals surface area contributed by atoms with E-state index in [2.05, 4.69) is 24.3 Å².